The maximum Gasteiger partial charge on any atom is 0.417 e. The summed E-state index contributed by atoms with van der Waals surface area (Å²) in [6.45, 7) is 0. The molecule has 0 saturated carbocycles. The number of dihydropyridines is 1. The molecule has 1 heterocycles. The number of allylic oxidation sites excluding steroid dienone is 1. The van der Waals surface area contributed by atoms with Gasteiger partial charge in [0.15, 0.2) is 0 Å². The summed E-state index contributed by atoms with van der Waals surface area (Å²) in [4.78, 5) is 3.44. The van der Waals surface area contributed by atoms with E-state index in [-0.39, 0.29) is 6.42 Å². The number of nitrogens with two attached hydrogens (primary N) is 1. The zero-order chi connectivity index (χ0) is 8.48. The highest BCUT2D eigenvalue weighted by molar-refractivity contribution is 5.81. The maximum absolute atomic E-state index is 11.9. The van der Waals surface area contributed by atoms with Gasteiger partial charge in [0.05, 0.1) is 5.57 Å². The molecule has 0 aromatic rings. The van der Waals surface area contributed by atoms with E-state index < -0.39 is 17.9 Å². The van der Waals surface area contributed by atoms with E-state index in [1.54, 1.807) is 0 Å². The molecule has 1 aliphatic heterocycles. The second-order valence-electron chi connectivity index (χ2n) is 2.24. The van der Waals surface area contributed by atoms with E-state index in [0.29, 0.717) is 0 Å². The average Bonchev–Trinajstić information content (AvgIpc) is 1.86. The standard InChI is InChI=1S/C6H7F3N2/c7-6(8,9)4-1-2-5(10)11-3-4/h1,3,5H,2,10H2. The Labute approximate surface area is 61.6 Å². The van der Waals surface area contributed by atoms with Crippen LogP contribution >= 0.6 is 0 Å². The van der Waals surface area contributed by atoms with Crippen molar-refractivity contribution < 1.29 is 13.2 Å². The Hall–Kier alpha value is -0.840. The molecule has 0 amide bonds. The molecule has 0 spiro atoms. The van der Waals surface area contributed by atoms with Crippen LogP contribution in [0, 0.1) is 0 Å². The zero-order valence-electron chi connectivity index (χ0n) is 5.60. The molecule has 5 heteroatoms. The minimum Gasteiger partial charge on any atom is -0.309 e. The summed E-state index contributed by atoms with van der Waals surface area (Å²) in [5.74, 6) is 0. The summed E-state index contributed by atoms with van der Waals surface area (Å²) in [5.41, 5.74) is 4.52. The predicted octanol–water partition coefficient (Wildman–Crippen LogP) is 1.23. The van der Waals surface area contributed by atoms with Crippen LogP contribution in [0.15, 0.2) is 16.6 Å². The summed E-state index contributed by atoms with van der Waals surface area (Å²) in [5, 5.41) is 0. The van der Waals surface area contributed by atoms with E-state index in [4.69, 9.17) is 5.73 Å². The van der Waals surface area contributed by atoms with Crippen LogP contribution in [0.1, 0.15) is 6.42 Å². The van der Waals surface area contributed by atoms with Gasteiger partial charge in [-0.25, -0.2) is 0 Å². The normalized spacial score (nSPS) is 25.1. The summed E-state index contributed by atoms with van der Waals surface area (Å²) < 4.78 is 35.6. The average molecular weight is 164 g/mol. The smallest absolute Gasteiger partial charge is 0.309 e. The molecule has 2 N–H and O–H groups in total. The van der Waals surface area contributed by atoms with Gasteiger partial charge in [0.1, 0.15) is 6.17 Å². The molecule has 62 valence electrons. The summed E-state index contributed by atoms with van der Waals surface area (Å²) in [7, 11) is 0. The van der Waals surface area contributed by atoms with Crippen molar-refractivity contribution in [3.63, 3.8) is 0 Å². The molecule has 0 fully saturated rings. The summed E-state index contributed by atoms with van der Waals surface area (Å²) in [6.07, 6.45) is -2.82. The van der Waals surface area contributed by atoms with Crippen LogP contribution in [0.4, 0.5) is 13.2 Å². The first-order valence-corrected chi connectivity index (χ1v) is 3.06. The fourth-order valence-corrected chi connectivity index (χ4v) is 0.726. The van der Waals surface area contributed by atoms with Crippen LogP contribution < -0.4 is 5.73 Å². The lowest BCUT2D eigenvalue weighted by molar-refractivity contribution is -0.0860. The molecule has 1 aliphatic rings. The van der Waals surface area contributed by atoms with E-state index in [1.807, 2.05) is 0 Å². The minimum absolute atomic E-state index is 0.158. The fraction of sp³-hybridized carbons (Fsp3) is 0.500. The van der Waals surface area contributed by atoms with E-state index in [0.717, 1.165) is 12.3 Å². The molecule has 0 aromatic heterocycles. The van der Waals surface area contributed by atoms with Gasteiger partial charge in [0, 0.05) is 12.6 Å². The van der Waals surface area contributed by atoms with Gasteiger partial charge in [0.25, 0.3) is 0 Å². The Morgan fingerprint density at radius 1 is 1.55 bits per heavy atom. The molecular formula is C6H7F3N2. The lowest BCUT2D eigenvalue weighted by atomic mass is 10.1. The van der Waals surface area contributed by atoms with Gasteiger partial charge in [-0.1, -0.05) is 6.08 Å². The number of hydrogen-bond acceptors (Lipinski definition) is 2. The van der Waals surface area contributed by atoms with Gasteiger partial charge in [-0.15, -0.1) is 0 Å². The molecule has 0 bridgehead atoms. The van der Waals surface area contributed by atoms with Crippen molar-refractivity contribution in [1.29, 1.82) is 0 Å². The van der Waals surface area contributed by atoms with E-state index in [9.17, 15) is 13.2 Å². The van der Waals surface area contributed by atoms with Crippen molar-refractivity contribution >= 4 is 6.21 Å². The van der Waals surface area contributed by atoms with Gasteiger partial charge < -0.3 is 5.73 Å². The Bertz CT molecular complexity index is 204. The predicted molar refractivity (Wildman–Crippen MR) is 35.2 cm³/mol. The Morgan fingerprint density at radius 2 is 2.18 bits per heavy atom. The molecular weight excluding hydrogens is 157 g/mol. The van der Waals surface area contributed by atoms with Crippen molar-refractivity contribution in [1.82, 2.24) is 0 Å². The lowest BCUT2D eigenvalue weighted by Crippen LogP contribution is -2.23. The number of hydrogen-bond donors (Lipinski definition) is 1. The van der Waals surface area contributed by atoms with E-state index in [1.165, 1.54) is 0 Å². The summed E-state index contributed by atoms with van der Waals surface area (Å²) in [6, 6.07) is 0. The molecule has 0 radical (unpaired) electrons. The van der Waals surface area contributed by atoms with Gasteiger partial charge in [-0.3, -0.25) is 4.99 Å². The van der Waals surface area contributed by atoms with Gasteiger partial charge in [-0.2, -0.15) is 13.2 Å². The molecule has 2 nitrogen and oxygen atoms in total. The van der Waals surface area contributed by atoms with Crippen LogP contribution in [-0.2, 0) is 0 Å². The second kappa shape index (κ2) is 2.65. The van der Waals surface area contributed by atoms with Crippen LogP contribution in [0.5, 0.6) is 0 Å². The Morgan fingerprint density at radius 3 is 2.55 bits per heavy atom. The number of rotatable bonds is 0. The minimum atomic E-state index is -4.29. The Kier molecular flexibility index (Phi) is 1.99. The zero-order valence-corrected chi connectivity index (χ0v) is 5.60. The van der Waals surface area contributed by atoms with E-state index >= 15 is 0 Å². The van der Waals surface area contributed by atoms with Gasteiger partial charge in [0.2, 0.25) is 0 Å². The van der Waals surface area contributed by atoms with Crippen molar-refractivity contribution in [2.75, 3.05) is 0 Å². The first-order valence-electron chi connectivity index (χ1n) is 3.06. The molecule has 0 aliphatic carbocycles. The quantitative estimate of drug-likeness (QED) is 0.574. The van der Waals surface area contributed by atoms with Crippen molar-refractivity contribution in [2.45, 2.75) is 18.8 Å². The van der Waals surface area contributed by atoms with Crippen molar-refractivity contribution in [3.05, 3.63) is 11.6 Å². The number of nitrogens with zero attached hydrogens (tertiary/aromatic N) is 1. The maximum atomic E-state index is 11.9. The van der Waals surface area contributed by atoms with Crippen molar-refractivity contribution in [2.24, 2.45) is 10.7 Å². The van der Waals surface area contributed by atoms with Crippen LogP contribution in [-0.4, -0.2) is 18.6 Å². The third-order valence-electron chi connectivity index (χ3n) is 1.31. The lowest BCUT2D eigenvalue weighted by Gasteiger charge is -2.13. The molecule has 0 saturated heterocycles. The highest BCUT2D eigenvalue weighted by Gasteiger charge is 2.33. The SMILES string of the molecule is NC1CC=C(C(F)(F)F)C=N1. The fourth-order valence-electron chi connectivity index (χ4n) is 0.726. The topological polar surface area (TPSA) is 38.4 Å². The van der Waals surface area contributed by atoms with Crippen LogP contribution in [0.2, 0.25) is 0 Å². The van der Waals surface area contributed by atoms with Crippen LogP contribution in [0.25, 0.3) is 0 Å². The van der Waals surface area contributed by atoms with Crippen LogP contribution in [0.3, 0.4) is 0 Å². The Balaban J connectivity index is 2.71. The first kappa shape index (κ1) is 8.26. The molecule has 1 unspecified atom stereocenters. The molecule has 1 atom stereocenters. The van der Waals surface area contributed by atoms with Crippen molar-refractivity contribution in [3.8, 4) is 0 Å². The molecule has 0 aromatic carbocycles. The molecule has 11 heavy (non-hydrogen) atoms. The number of halogens is 3. The van der Waals surface area contributed by atoms with Gasteiger partial charge >= 0.3 is 6.18 Å². The van der Waals surface area contributed by atoms with Gasteiger partial charge in [-0.05, 0) is 0 Å². The largest absolute Gasteiger partial charge is 0.417 e. The monoisotopic (exact) mass is 164 g/mol. The van der Waals surface area contributed by atoms with E-state index in [2.05, 4.69) is 4.99 Å². The highest BCUT2D eigenvalue weighted by Crippen LogP contribution is 2.26. The first-order chi connectivity index (χ1) is 5.00. The number of aliphatic imine (C=N–C) groups is 1. The highest BCUT2D eigenvalue weighted by atomic mass is 19.4. The summed E-state index contributed by atoms with van der Waals surface area (Å²) >= 11 is 0. The number of alkyl halides is 3. The molecule has 1 rings (SSSR count). The third-order valence-corrected chi connectivity index (χ3v) is 1.31. The second-order valence-corrected chi connectivity index (χ2v) is 2.24. The third kappa shape index (κ3) is 2.04.